The Morgan fingerprint density at radius 2 is 1.88 bits per heavy atom. The summed E-state index contributed by atoms with van der Waals surface area (Å²) in [4.78, 5) is 27.5. The third kappa shape index (κ3) is 3.07. The Hall–Kier alpha value is -3.29. The predicted molar refractivity (Wildman–Crippen MR) is 89.5 cm³/mol. The number of hydrogen-bond donors (Lipinski definition) is 3. The smallest absolute Gasteiger partial charge is 0.335 e. The number of fused-ring (bicyclic) bond motifs is 1. The van der Waals surface area contributed by atoms with Crippen LogP contribution in [0, 0.1) is 0 Å². The fraction of sp³-hybridized carbons (Fsp3) is 0.188. The van der Waals surface area contributed by atoms with E-state index in [0.29, 0.717) is 17.6 Å². The van der Waals surface area contributed by atoms with Crippen molar-refractivity contribution in [3.8, 4) is 0 Å². The van der Waals surface area contributed by atoms with E-state index in [1.165, 1.54) is 0 Å². The molecule has 3 rings (SSSR count). The summed E-state index contributed by atoms with van der Waals surface area (Å²) in [6.07, 6.45) is 2.33. The van der Waals surface area contributed by atoms with Gasteiger partial charge >= 0.3 is 5.97 Å². The van der Waals surface area contributed by atoms with Crippen LogP contribution >= 0.6 is 0 Å². The van der Waals surface area contributed by atoms with Crippen LogP contribution in [0.2, 0.25) is 0 Å². The predicted octanol–water partition coefficient (Wildman–Crippen LogP) is 1.63. The highest BCUT2D eigenvalue weighted by molar-refractivity contribution is 5.87. The number of nitrogens with zero attached hydrogens (tertiary/aromatic N) is 4. The molecule has 24 heavy (non-hydrogen) atoms. The van der Waals surface area contributed by atoms with Crippen molar-refractivity contribution < 1.29 is 9.90 Å². The molecule has 0 saturated carbocycles. The Labute approximate surface area is 137 Å². The SMILES string of the molecule is CC(Cc1ccc(C(=O)O)cc1)c1cnc2nc(N)nc(N)c2n1. The van der Waals surface area contributed by atoms with Gasteiger partial charge in [-0.05, 0) is 24.1 Å². The van der Waals surface area contributed by atoms with E-state index in [-0.39, 0.29) is 23.2 Å². The van der Waals surface area contributed by atoms with Gasteiger partial charge in [-0.3, -0.25) is 0 Å². The molecule has 3 aromatic rings. The molecular formula is C16H16N6O2. The van der Waals surface area contributed by atoms with Gasteiger partial charge < -0.3 is 16.6 Å². The average molecular weight is 324 g/mol. The summed E-state index contributed by atoms with van der Waals surface area (Å²) < 4.78 is 0. The summed E-state index contributed by atoms with van der Waals surface area (Å²) in [5.74, 6) is -0.613. The molecule has 0 radical (unpaired) electrons. The van der Waals surface area contributed by atoms with Crippen LogP contribution in [0.4, 0.5) is 11.8 Å². The molecule has 0 amide bonds. The van der Waals surface area contributed by atoms with Crippen molar-refractivity contribution in [3.05, 3.63) is 47.3 Å². The molecule has 5 N–H and O–H groups in total. The Morgan fingerprint density at radius 3 is 2.54 bits per heavy atom. The Bertz CT molecular complexity index is 910. The maximum atomic E-state index is 10.9. The van der Waals surface area contributed by atoms with Crippen LogP contribution in [0.15, 0.2) is 30.5 Å². The van der Waals surface area contributed by atoms with Gasteiger partial charge in [-0.2, -0.15) is 9.97 Å². The highest BCUT2D eigenvalue weighted by Gasteiger charge is 2.13. The van der Waals surface area contributed by atoms with Crippen molar-refractivity contribution >= 4 is 28.9 Å². The number of anilines is 2. The minimum Gasteiger partial charge on any atom is -0.478 e. The lowest BCUT2D eigenvalue weighted by Crippen LogP contribution is -2.07. The molecule has 0 aliphatic heterocycles. The second kappa shape index (κ2) is 6.07. The minimum absolute atomic E-state index is 0.0635. The summed E-state index contributed by atoms with van der Waals surface area (Å²) in [6, 6.07) is 6.77. The normalized spacial score (nSPS) is 12.2. The summed E-state index contributed by atoms with van der Waals surface area (Å²) in [5, 5.41) is 8.93. The highest BCUT2D eigenvalue weighted by Crippen LogP contribution is 2.22. The standard InChI is InChI=1S/C16H16N6O2/c1-8(6-9-2-4-10(5-3-9)15(23)24)11-7-19-14-12(20-11)13(17)21-16(18)22-14/h2-5,7-8H,6H2,1H3,(H,23,24)(H4,17,18,19,21,22). The highest BCUT2D eigenvalue weighted by atomic mass is 16.4. The quantitative estimate of drug-likeness (QED) is 0.657. The maximum absolute atomic E-state index is 10.9. The van der Waals surface area contributed by atoms with Crippen LogP contribution in [-0.2, 0) is 6.42 Å². The van der Waals surface area contributed by atoms with Crippen LogP contribution in [0.25, 0.3) is 11.2 Å². The lowest BCUT2D eigenvalue weighted by atomic mass is 9.97. The fourth-order valence-corrected chi connectivity index (χ4v) is 2.44. The number of aromatic carboxylic acids is 1. The van der Waals surface area contributed by atoms with E-state index in [4.69, 9.17) is 16.6 Å². The number of nitrogens with two attached hydrogens (primary N) is 2. The Kier molecular flexibility index (Phi) is 3.95. The summed E-state index contributed by atoms with van der Waals surface area (Å²) in [5.41, 5.74) is 14.2. The number of rotatable bonds is 4. The average Bonchev–Trinajstić information content (AvgIpc) is 2.55. The van der Waals surface area contributed by atoms with Crippen molar-refractivity contribution in [1.29, 1.82) is 0 Å². The monoisotopic (exact) mass is 324 g/mol. The number of carbonyl (C=O) groups is 1. The lowest BCUT2D eigenvalue weighted by molar-refractivity contribution is 0.0697. The molecule has 0 aliphatic carbocycles. The van der Waals surface area contributed by atoms with E-state index >= 15 is 0 Å². The van der Waals surface area contributed by atoms with Crippen LogP contribution in [0.5, 0.6) is 0 Å². The molecule has 0 bridgehead atoms. The Morgan fingerprint density at radius 1 is 1.17 bits per heavy atom. The van der Waals surface area contributed by atoms with Crippen LogP contribution in [-0.4, -0.2) is 31.0 Å². The number of aromatic nitrogens is 4. The zero-order valence-corrected chi connectivity index (χ0v) is 13.0. The van der Waals surface area contributed by atoms with Gasteiger partial charge in [0.15, 0.2) is 17.0 Å². The lowest BCUT2D eigenvalue weighted by Gasteiger charge is -2.12. The molecule has 0 aliphatic rings. The molecule has 1 aromatic carbocycles. The number of benzene rings is 1. The summed E-state index contributed by atoms with van der Waals surface area (Å²) >= 11 is 0. The van der Waals surface area contributed by atoms with E-state index in [1.54, 1.807) is 30.5 Å². The molecule has 2 heterocycles. The van der Waals surface area contributed by atoms with Crippen molar-refractivity contribution in [1.82, 2.24) is 19.9 Å². The van der Waals surface area contributed by atoms with Crippen LogP contribution in [0.1, 0.15) is 34.5 Å². The fourth-order valence-electron chi connectivity index (χ4n) is 2.44. The summed E-state index contributed by atoms with van der Waals surface area (Å²) in [6.45, 7) is 2.01. The van der Waals surface area contributed by atoms with Gasteiger partial charge in [0.1, 0.15) is 0 Å². The van der Waals surface area contributed by atoms with E-state index in [2.05, 4.69) is 19.9 Å². The number of hydrogen-bond acceptors (Lipinski definition) is 7. The minimum atomic E-state index is -0.940. The number of nitrogen functional groups attached to an aromatic ring is 2. The van der Waals surface area contributed by atoms with Crippen molar-refractivity contribution in [2.45, 2.75) is 19.3 Å². The zero-order valence-electron chi connectivity index (χ0n) is 13.0. The first-order valence-corrected chi connectivity index (χ1v) is 7.32. The maximum Gasteiger partial charge on any atom is 0.335 e. The van der Waals surface area contributed by atoms with Crippen molar-refractivity contribution in [3.63, 3.8) is 0 Å². The van der Waals surface area contributed by atoms with Gasteiger partial charge in [0, 0.05) is 5.92 Å². The third-order valence-electron chi connectivity index (χ3n) is 3.72. The molecule has 0 fully saturated rings. The van der Waals surface area contributed by atoms with Gasteiger partial charge in [-0.1, -0.05) is 19.1 Å². The van der Waals surface area contributed by atoms with E-state index < -0.39 is 5.97 Å². The van der Waals surface area contributed by atoms with Crippen LogP contribution < -0.4 is 11.5 Å². The molecule has 0 saturated heterocycles. The third-order valence-corrected chi connectivity index (χ3v) is 3.72. The van der Waals surface area contributed by atoms with Crippen molar-refractivity contribution in [2.24, 2.45) is 0 Å². The molecular weight excluding hydrogens is 308 g/mol. The van der Waals surface area contributed by atoms with Gasteiger partial charge in [-0.15, -0.1) is 0 Å². The number of carboxylic acids is 1. The molecule has 1 atom stereocenters. The molecule has 122 valence electrons. The molecule has 1 unspecified atom stereocenters. The first kappa shape index (κ1) is 15.6. The van der Waals surface area contributed by atoms with Crippen LogP contribution in [0.3, 0.4) is 0 Å². The van der Waals surface area contributed by atoms with Gasteiger partial charge in [0.25, 0.3) is 0 Å². The molecule has 2 aromatic heterocycles. The molecule has 8 nitrogen and oxygen atoms in total. The van der Waals surface area contributed by atoms with Gasteiger partial charge in [0.2, 0.25) is 5.95 Å². The molecule has 8 heteroatoms. The summed E-state index contributed by atoms with van der Waals surface area (Å²) in [7, 11) is 0. The van der Waals surface area contributed by atoms with E-state index in [9.17, 15) is 4.79 Å². The molecule has 0 spiro atoms. The topological polar surface area (TPSA) is 141 Å². The van der Waals surface area contributed by atoms with Crippen molar-refractivity contribution in [2.75, 3.05) is 11.5 Å². The first-order chi connectivity index (χ1) is 11.4. The van der Waals surface area contributed by atoms with Gasteiger partial charge in [0.05, 0.1) is 17.5 Å². The zero-order chi connectivity index (χ0) is 17.3. The number of carboxylic acid groups (broad SMARTS) is 1. The van der Waals surface area contributed by atoms with E-state index in [1.807, 2.05) is 6.92 Å². The Balaban J connectivity index is 1.85. The largest absolute Gasteiger partial charge is 0.478 e. The second-order valence-corrected chi connectivity index (χ2v) is 5.54. The first-order valence-electron chi connectivity index (χ1n) is 7.32. The van der Waals surface area contributed by atoms with E-state index in [0.717, 1.165) is 11.3 Å². The van der Waals surface area contributed by atoms with Gasteiger partial charge in [-0.25, -0.2) is 14.8 Å². The second-order valence-electron chi connectivity index (χ2n) is 5.54.